The topological polar surface area (TPSA) is 65.5 Å². The first-order valence-electron chi connectivity index (χ1n) is 8.26. The number of amides is 1. The second-order valence-corrected chi connectivity index (χ2v) is 7.04. The van der Waals surface area contributed by atoms with Gasteiger partial charge in [-0.3, -0.25) is 9.79 Å². The Morgan fingerprint density at radius 3 is 2.33 bits per heavy atom. The Bertz CT molecular complexity index is 738. The van der Waals surface area contributed by atoms with Gasteiger partial charge in [-0.25, -0.2) is 0 Å². The smallest absolute Gasteiger partial charge is 0.251 e. The minimum atomic E-state index is -0.0832. The lowest BCUT2D eigenvalue weighted by Crippen LogP contribution is -2.37. The number of hydrogen-bond donors (Lipinski definition) is 3. The Kier molecular flexibility index (Phi) is 11.2. The van der Waals surface area contributed by atoms with E-state index in [2.05, 4.69) is 20.9 Å². The molecule has 0 radical (unpaired) electrons. The van der Waals surface area contributed by atoms with Crippen molar-refractivity contribution in [2.45, 2.75) is 11.4 Å². The number of nitrogens with one attached hydrogen (secondary N) is 3. The molecule has 3 N–H and O–H groups in total. The van der Waals surface area contributed by atoms with Crippen molar-refractivity contribution in [3.63, 3.8) is 0 Å². The first kappa shape index (κ1) is 23.6. The molecular weight excluding hydrogens is 495 g/mol. The summed E-state index contributed by atoms with van der Waals surface area (Å²) in [5.74, 6) is 1.58. The number of aliphatic imine (C=N–C) groups is 1. The van der Waals surface area contributed by atoms with Gasteiger partial charge in [0.05, 0.1) is 0 Å². The van der Waals surface area contributed by atoms with Crippen LogP contribution >= 0.6 is 47.3 Å². The number of guanidine groups is 1. The number of halogens is 2. The molecule has 0 aliphatic heterocycles. The van der Waals surface area contributed by atoms with Crippen molar-refractivity contribution >= 4 is 59.2 Å². The van der Waals surface area contributed by atoms with E-state index in [0.29, 0.717) is 12.1 Å². The Balaban J connectivity index is 0.00000364. The first-order valence-corrected chi connectivity index (χ1v) is 9.62. The van der Waals surface area contributed by atoms with Gasteiger partial charge < -0.3 is 16.0 Å². The summed E-state index contributed by atoms with van der Waals surface area (Å²) < 4.78 is 0. The van der Waals surface area contributed by atoms with Crippen molar-refractivity contribution in [2.24, 2.45) is 4.99 Å². The fourth-order valence-corrected chi connectivity index (χ4v) is 3.09. The fourth-order valence-electron chi connectivity index (χ4n) is 2.19. The molecule has 1 amide bonds. The van der Waals surface area contributed by atoms with E-state index in [0.717, 1.165) is 28.8 Å². The summed E-state index contributed by atoms with van der Waals surface area (Å²) in [6, 6.07) is 15.3. The third-order valence-corrected chi connectivity index (χ3v) is 4.87. The average Bonchev–Trinajstić information content (AvgIpc) is 2.68. The molecule has 2 aromatic rings. The van der Waals surface area contributed by atoms with Crippen LogP contribution in [0.2, 0.25) is 5.02 Å². The van der Waals surface area contributed by atoms with Gasteiger partial charge in [-0.15, -0.1) is 35.7 Å². The highest BCUT2D eigenvalue weighted by Gasteiger charge is 2.03. The molecular formula is C19H24ClIN4OS. The molecule has 0 heterocycles. The molecule has 0 fully saturated rings. The largest absolute Gasteiger partial charge is 0.356 e. The predicted octanol–water partition coefficient (Wildman–Crippen LogP) is 3.77. The molecule has 8 heteroatoms. The highest BCUT2D eigenvalue weighted by Crippen LogP contribution is 2.19. The molecule has 0 atom stereocenters. The summed E-state index contributed by atoms with van der Waals surface area (Å²) in [5.41, 5.74) is 1.73. The maximum atomic E-state index is 11.5. The lowest BCUT2D eigenvalue weighted by molar-refractivity contribution is 0.0963. The van der Waals surface area contributed by atoms with Gasteiger partial charge in [-0.05, 0) is 42.0 Å². The molecule has 146 valence electrons. The van der Waals surface area contributed by atoms with Crippen LogP contribution in [0.4, 0.5) is 0 Å². The lowest BCUT2D eigenvalue weighted by atomic mass is 10.1. The van der Waals surface area contributed by atoms with Crippen molar-refractivity contribution in [3.05, 3.63) is 64.7 Å². The van der Waals surface area contributed by atoms with Gasteiger partial charge in [0, 0.05) is 48.4 Å². The van der Waals surface area contributed by atoms with Crippen molar-refractivity contribution in [3.8, 4) is 0 Å². The van der Waals surface area contributed by atoms with Crippen LogP contribution in [0.15, 0.2) is 58.4 Å². The van der Waals surface area contributed by atoms with E-state index >= 15 is 0 Å². The fraction of sp³-hybridized carbons (Fsp3) is 0.263. The number of carbonyl (C=O) groups is 1. The van der Waals surface area contributed by atoms with E-state index in [1.54, 1.807) is 25.9 Å². The quantitative estimate of drug-likeness (QED) is 0.172. The van der Waals surface area contributed by atoms with E-state index < -0.39 is 0 Å². The maximum absolute atomic E-state index is 11.5. The number of thioether (sulfide) groups is 1. The molecule has 0 saturated carbocycles. The van der Waals surface area contributed by atoms with Crippen LogP contribution in [0.3, 0.4) is 0 Å². The molecule has 0 bridgehead atoms. The van der Waals surface area contributed by atoms with Gasteiger partial charge in [-0.1, -0.05) is 23.7 Å². The van der Waals surface area contributed by atoms with E-state index in [1.165, 1.54) is 4.90 Å². The van der Waals surface area contributed by atoms with E-state index in [1.807, 2.05) is 48.5 Å². The molecule has 2 aromatic carbocycles. The zero-order valence-corrected chi connectivity index (χ0v) is 19.2. The monoisotopic (exact) mass is 518 g/mol. The van der Waals surface area contributed by atoms with Crippen LogP contribution in [0.25, 0.3) is 0 Å². The van der Waals surface area contributed by atoms with Gasteiger partial charge in [0.2, 0.25) is 0 Å². The van der Waals surface area contributed by atoms with Gasteiger partial charge in [0.1, 0.15) is 0 Å². The lowest BCUT2D eigenvalue weighted by Gasteiger charge is -2.12. The van der Waals surface area contributed by atoms with E-state index in [9.17, 15) is 4.79 Å². The molecule has 0 unspecified atom stereocenters. The van der Waals surface area contributed by atoms with Crippen LogP contribution in [0, 0.1) is 0 Å². The summed E-state index contributed by atoms with van der Waals surface area (Å²) in [7, 11) is 3.37. The van der Waals surface area contributed by atoms with Crippen LogP contribution in [0.5, 0.6) is 0 Å². The molecule has 27 heavy (non-hydrogen) atoms. The molecule has 2 rings (SSSR count). The maximum Gasteiger partial charge on any atom is 0.251 e. The Morgan fingerprint density at radius 1 is 1.07 bits per heavy atom. The zero-order valence-electron chi connectivity index (χ0n) is 15.3. The Labute approximate surface area is 186 Å². The van der Waals surface area contributed by atoms with E-state index in [4.69, 9.17) is 11.6 Å². The van der Waals surface area contributed by atoms with Gasteiger partial charge in [0.25, 0.3) is 5.91 Å². The molecule has 0 aromatic heterocycles. The SMILES string of the molecule is CN=C(NCCSc1ccc(Cl)cc1)NCc1ccc(C(=O)NC)cc1.I. The van der Waals surface area contributed by atoms with Crippen molar-refractivity contribution in [1.29, 1.82) is 0 Å². The van der Waals surface area contributed by atoms with Gasteiger partial charge in [-0.2, -0.15) is 0 Å². The number of nitrogens with zero attached hydrogens (tertiary/aromatic N) is 1. The average molecular weight is 519 g/mol. The van der Waals surface area contributed by atoms with E-state index in [-0.39, 0.29) is 29.9 Å². The second kappa shape index (κ2) is 12.9. The summed E-state index contributed by atoms with van der Waals surface area (Å²) in [6.45, 7) is 1.43. The molecule has 0 aliphatic rings. The van der Waals surface area contributed by atoms with Crippen molar-refractivity contribution in [1.82, 2.24) is 16.0 Å². The van der Waals surface area contributed by atoms with Crippen LogP contribution in [0.1, 0.15) is 15.9 Å². The highest BCUT2D eigenvalue weighted by molar-refractivity contribution is 14.0. The molecule has 0 saturated heterocycles. The number of rotatable bonds is 7. The van der Waals surface area contributed by atoms with Gasteiger partial charge in [0.15, 0.2) is 5.96 Å². The summed E-state index contributed by atoms with van der Waals surface area (Å²) in [4.78, 5) is 17.0. The standard InChI is InChI=1S/C19H23ClN4OS.HI/c1-21-18(25)15-5-3-14(4-6-15)13-24-19(22-2)23-11-12-26-17-9-7-16(20)8-10-17;/h3-10H,11-13H2,1-2H3,(H,21,25)(H2,22,23,24);1H. The third kappa shape index (κ3) is 8.40. The normalized spacial score (nSPS) is 10.7. The van der Waals surface area contributed by atoms with Crippen LogP contribution in [-0.2, 0) is 6.54 Å². The first-order chi connectivity index (χ1) is 12.6. The number of benzene rings is 2. The highest BCUT2D eigenvalue weighted by atomic mass is 127. The summed E-state index contributed by atoms with van der Waals surface area (Å²) >= 11 is 7.65. The second-order valence-electron chi connectivity index (χ2n) is 5.43. The van der Waals surface area contributed by atoms with Crippen molar-refractivity contribution < 1.29 is 4.79 Å². The minimum Gasteiger partial charge on any atom is -0.356 e. The number of carbonyl (C=O) groups excluding carboxylic acids is 1. The zero-order chi connectivity index (χ0) is 18.8. The minimum absolute atomic E-state index is 0. The number of hydrogen-bond acceptors (Lipinski definition) is 3. The van der Waals surface area contributed by atoms with Crippen molar-refractivity contribution in [2.75, 3.05) is 26.4 Å². The summed E-state index contributed by atoms with van der Waals surface area (Å²) in [6.07, 6.45) is 0. The molecule has 0 aliphatic carbocycles. The van der Waals surface area contributed by atoms with Gasteiger partial charge >= 0.3 is 0 Å². The van der Waals surface area contributed by atoms with Crippen LogP contribution < -0.4 is 16.0 Å². The van der Waals surface area contributed by atoms with Crippen LogP contribution in [-0.4, -0.2) is 38.3 Å². The molecule has 5 nitrogen and oxygen atoms in total. The Hall–Kier alpha value is -1.45. The third-order valence-electron chi connectivity index (χ3n) is 3.60. The summed E-state index contributed by atoms with van der Waals surface area (Å²) in [5, 5.41) is 9.92. The Morgan fingerprint density at radius 2 is 1.74 bits per heavy atom. The predicted molar refractivity (Wildman–Crippen MR) is 126 cm³/mol. The molecule has 0 spiro atoms.